The van der Waals surface area contributed by atoms with Crippen molar-refractivity contribution in [3.63, 3.8) is 0 Å². The molecule has 1 heterocycles. The van der Waals surface area contributed by atoms with Gasteiger partial charge in [-0.15, -0.1) is 0 Å². The second-order valence-electron chi connectivity index (χ2n) is 6.54. The number of aliphatic hydroxyl groups excluding tert-OH is 1. The van der Waals surface area contributed by atoms with Crippen molar-refractivity contribution in [2.45, 2.75) is 63.6 Å². The van der Waals surface area contributed by atoms with Gasteiger partial charge in [0.2, 0.25) is 11.8 Å². The van der Waals surface area contributed by atoms with Crippen molar-refractivity contribution >= 4 is 11.8 Å². The van der Waals surface area contributed by atoms with Crippen LogP contribution in [-0.4, -0.2) is 59.1 Å². The number of carbonyl (C=O) groups excluding carboxylic acids is 2. The molecule has 2 rings (SSSR count). The first-order valence-electron chi connectivity index (χ1n) is 7.93. The van der Waals surface area contributed by atoms with Crippen LogP contribution in [0.1, 0.15) is 46.0 Å². The summed E-state index contributed by atoms with van der Waals surface area (Å²) in [6.45, 7) is 5.46. The fourth-order valence-electron chi connectivity index (χ4n) is 3.46. The van der Waals surface area contributed by atoms with Crippen LogP contribution in [0.3, 0.4) is 0 Å². The molecule has 1 aliphatic carbocycles. The number of nitrogens with zero attached hydrogens (tertiary/aromatic N) is 1. The second kappa shape index (κ2) is 6.75. The number of nitrogens with one attached hydrogen (secondary N) is 2. The van der Waals surface area contributed by atoms with Gasteiger partial charge in [0.05, 0.1) is 24.6 Å². The zero-order valence-corrected chi connectivity index (χ0v) is 13.0. The molecule has 2 aliphatic rings. The minimum Gasteiger partial charge on any atom is -0.394 e. The normalized spacial score (nSPS) is 25.9. The minimum absolute atomic E-state index is 0.0243. The van der Waals surface area contributed by atoms with Crippen LogP contribution in [0.5, 0.6) is 0 Å². The average Bonchev–Trinajstić information content (AvgIpc) is 2.89. The van der Waals surface area contributed by atoms with E-state index in [-0.39, 0.29) is 30.9 Å². The molecule has 6 nitrogen and oxygen atoms in total. The highest BCUT2D eigenvalue weighted by molar-refractivity contribution is 5.89. The van der Waals surface area contributed by atoms with Gasteiger partial charge in [-0.3, -0.25) is 14.5 Å². The first-order valence-corrected chi connectivity index (χ1v) is 7.93. The van der Waals surface area contributed by atoms with Crippen molar-refractivity contribution in [3.05, 3.63) is 0 Å². The van der Waals surface area contributed by atoms with Crippen molar-refractivity contribution < 1.29 is 14.7 Å². The molecule has 6 heteroatoms. The van der Waals surface area contributed by atoms with Crippen LogP contribution < -0.4 is 10.6 Å². The molecule has 0 spiro atoms. The highest BCUT2D eigenvalue weighted by atomic mass is 16.3. The van der Waals surface area contributed by atoms with Gasteiger partial charge in [-0.2, -0.15) is 0 Å². The van der Waals surface area contributed by atoms with Gasteiger partial charge in [0.1, 0.15) is 0 Å². The number of aliphatic hydroxyl groups is 1. The molecule has 0 aromatic carbocycles. The van der Waals surface area contributed by atoms with Crippen LogP contribution in [0.15, 0.2) is 0 Å². The number of rotatable bonds is 5. The summed E-state index contributed by atoms with van der Waals surface area (Å²) in [4.78, 5) is 26.4. The van der Waals surface area contributed by atoms with E-state index in [0.29, 0.717) is 6.54 Å². The van der Waals surface area contributed by atoms with Gasteiger partial charge in [-0.25, -0.2) is 0 Å². The van der Waals surface area contributed by atoms with Gasteiger partial charge in [0.15, 0.2) is 0 Å². The van der Waals surface area contributed by atoms with E-state index in [9.17, 15) is 14.7 Å². The molecular weight excluding hydrogens is 270 g/mol. The minimum atomic E-state index is -0.467. The van der Waals surface area contributed by atoms with E-state index in [2.05, 4.69) is 15.5 Å². The van der Waals surface area contributed by atoms with Gasteiger partial charge < -0.3 is 15.7 Å². The molecule has 2 fully saturated rings. The third-order valence-corrected chi connectivity index (χ3v) is 4.68. The lowest BCUT2D eigenvalue weighted by molar-refractivity contribution is -0.135. The van der Waals surface area contributed by atoms with Gasteiger partial charge >= 0.3 is 0 Å². The van der Waals surface area contributed by atoms with E-state index in [1.54, 1.807) is 0 Å². The van der Waals surface area contributed by atoms with Gasteiger partial charge in [0.25, 0.3) is 0 Å². The van der Waals surface area contributed by atoms with Crippen LogP contribution in [0.2, 0.25) is 0 Å². The van der Waals surface area contributed by atoms with Gasteiger partial charge in [0, 0.05) is 19.1 Å². The standard InChI is InChI=1S/C15H27N3O3/c1-11(2)18-8-7-16-14(21)12(18)9-13(20)17-15(10-19)5-3-4-6-15/h11-12,19H,3-10H2,1-2H3,(H,16,21)(H,17,20)/t12-/m1/s1. The lowest BCUT2D eigenvalue weighted by Gasteiger charge is -2.38. The second-order valence-corrected chi connectivity index (χ2v) is 6.54. The summed E-state index contributed by atoms with van der Waals surface area (Å²) in [5.41, 5.74) is -0.467. The van der Waals surface area contributed by atoms with E-state index in [4.69, 9.17) is 0 Å². The maximum absolute atomic E-state index is 12.3. The predicted molar refractivity (Wildman–Crippen MR) is 79.7 cm³/mol. The van der Waals surface area contributed by atoms with Crippen molar-refractivity contribution in [3.8, 4) is 0 Å². The summed E-state index contributed by atoms with van der Waals surface area (Å²) >= 11 is 0. The summed E-state index contributed by atoms with van der Waals surface area (Å²) in [7, 11) is 0. The van der Waals surface area contributed by atoms with E-state index in [0.717, 1.165) is 32.2 Å². The predicted octanol–water partition coefficient (Wildman–Crippen LogP) is 0.00660. The van der Waals surface area contributed by atoms with Crippen LogP contribution in [-0.2, 0) is 9.59 Å². The maximum Gasteiger partial charge on any atom is 0.237 e. The van der Waals surface area contributed by atoms with Crippen molar-refractivity contribution in [2.75, 3.05) is 19.7 Å². The van der Waals surface area contributed by atoms with Crippen molar-refractivity contribution in [1.82, 2.24) is 15.5 Å². The third kappa shape index (κ3) is 3.74. The quantitative estimate of drug-likeness (QED) is 0.667. The molecule has 1 aliphatic heterocycles. The topological polar surface area (TPSA) is 81.7 Å². The highest BCUT2D eigenvalue weighted by Gasteiger charge is 2.37. The highest BCUT2D eigenvalue weighted by Crippen LogP contribution is 2.29. The number of hydrogen-bond donors (Lipinski definition) is 3. The Bertz CT molecular complexity index is 392. The molecule has 3 N–H and O–H groups in total. The zero-order valence-electron chi connectivity index (χ0n) is 13.0. The van der Waals surface area contributed by atoms with Crippen LogP contribution in [0.25, 0.3) is 0 Å². The molecule has 120 valence electrons. The molecule has 21 heavy (non-hydrogen) atoms. The number of carbonyl (C=O) groups is 2. The van der Waals surface area contributed by atoms with E-state index < -0.39 is 11.6 Å². The largest absolute Gasteiger partial charge is 0.394 e. The Morgan fingerprint density at radius 2 is 2.14 bits per heavy atom. The lowest BCUT2D eigenvalue weighted by Crippen LogP contribution is -2.59. The lowest BCUT2D eigenvalue weighted by atomic mass is 9.97. The van der Waals surface area contributed by atoms with Crippen LogP contribution >= 0.6 is 0 Å². The molecular formula is C15H27N3O3. The maximum atomic E-state index is 12.3. The van der Waals surface area contributed by atoms with Gasteiger partial charge in [-0.1, -0.05) is 12.8 Å². The number of piperazine rings is 1. The summed E-state index contributed by atoms with van der Waals surface area (Å²) in [5.74, 6) is -0.215. The summed E-state index contributed by atoms with van der Waals surface area (Å²) < 4.78 is 0. The van der Waals surface area contributed by atoms with E-state index >= 15 is 0 Å². The average molecular weight is 297 g/mol. The van der Waals surface area contributed by atoms with E-state index in [1.807, 2.05) is 13.8 Å². The monoisotopic (exact) mass is 297 g/mol. The molecule has 0 aromatic rings. The summed E-state index contributed by atoms with van der Waals surface area (Å²) in [6, 6.07) is -0.178. The first-order chi connectivity index (χ1) is 9.97. The SMILES string of the molecule is CC(C)N1CCNC(=O)[C@H]1CC(=O)NC1(CO)CCCC1. The number of hydrogen-bond acceptors (Lipinski definition) is 4. The van der Waals surface area contributed by atoms with Gasteiger partial charge in [-0.05, 0) is 26.7 Å². The number of amides is 2. The Hall–Kier alpha value is -1.14. The smallest absolute Gasteiger partial charge is 0.237 e. The summed E-state index contributed by atoms with van der Waals surface area (Å²) in [5, 5.41) is 15.4. The molecule has 1 atom stereocenters. The van der Waals surface area contributed by atoms with E-state index in [1.165, 1.54) is 0 Å². The Labute approximate surface area is 126 Å². The molecule has 1 saturated heterocycles. The molecule has 0 aromatic heterocycles. The van der Waals surface area contributed by atoms with Crippen molar-refractivity contribution in [1.29, 1.82) is 0 Å². The molecule has 0 unspecified atom stereocenters. The third-order valence-electron chi connectivity index (χ3n) is 4.68. The Morgan fingerprint density at radius 1 is 1.48 bits per heavy atom. The molecule has 0 radical (unpaired) electrons. The first kappa shape index (κ1) is 16.2. The van der Waals surface area contributed by atoms with Crippen LogP contribution in [0.4, 0.5) is 0 Å². The molecule has 2 amide bonds. The Morgan fingerprint density at radius 3 is 2.71 bits per heavy atom. The Kier molecular flexibility index (Phi) is 5.22. The summed E-state index contributed by atoms with van der Waals surface area (Å²) in [6.07, 6.45) is 3.86. The fourth-order valence-corrected chi connectivity index (χ4v) is 3.46. The molecule has 0 bridgehead atoms. The fraction of sp³-hybridized carbons (Fsp3) is 0.867. The molecule has 1 saturated carbocycles. The Balaban J connectivity index is 1.98. The van der Waals surface area contributed by atoms with Crippen molar-refractivity contribution in [2.24, 2.45) is 0 Å². The zero-order chi connectivity index (χ0) is 15.5. The van der Waals surface area contributed by atoms with Crippen LogP contribution in [0, 0.1) is 0 Å².